The van der Waals surface area contributed by atoms with Gasteiger partial charge >= 0.3 is 0 Å². The minimum atomic E-state index is -0.705. The van der Waals surface area contributed by atoms with Gasteiger partial charge in [0.05, 0.1) is 16.3 Å². The average molecular weight is 307 g/mol. The number of nitrogen functional groups attached to an aromatic ring is 1. The third-order valence-electron chi connectivity index (χ3n) is 3.92. The molecule has 0 aliphatic carbocycles. The number of halogens is 1. The highest BCUT2D eigenvalue weighted by Gasteiger charge is 2.43. The number of nitrogens with zero attached hydrogens (tertiary/aromatic N) is 2. The van der Waals surface area contributed by atoms with Gasteiger partial charge in [-0.3, -0.25) is 9.64 Å². The van der Waals surface area contributed by atoms with Crippen molar-refractivity contribution in [1.82, 2.24) is 10.2 Å². The van der Waals surface area contributed by atoms with Crippen LogP contribution >= 0.6 is 11.6 Å². The third kappa shape index (κ3) is 2.50. The van der Waals surface area contributed by atoms with Gasteiger partial charge in [-0.15, -0.1) is 0 Å². The first kappa shape index (κ1) is 14.0. The first-order chi connectivity index (χ1) is 10.0. The van der Waals surface area contributed by atoms with Crippen LogP contribution in [0.1, 0.15) is 23.2 Å². The summed E-state index contributed by atoms with van der Waals surface area (Å²) in [4.78, 5) is 17.7. The molecule has 2 aliphatic rings. The fourth-order valence-corrected chi connectivity index (χ4v) is 2.89. The number of hydrogen-bond donors (Lipinski definition) is 2. The number of likely N-dealkylation sites (tertiary alicyclic amines) is 1. The number of ether oxygens (including phenoxy) is 1. The molecule has 1 fully saturated rings. The normalized spacial score (nSPS) is 20.3. The second-order valence-electron chi connectivity index (χ2n) is 5.34. The van der Waals surface area contributed by atoms with Crippen LogP contribution in [0.15, 0.2) is 12.1 Å². The highest BCUT2D eigenvalue weighted by atomic mass is 35.5. The van der Waals surface area contributed by atoms with Gasteiger partial charge in [0.15, 0.2) is 5.72 Å². The summed E-state index contributed by atoms with van der Waals surface area (Å²) in [5.74, 6) is 0.274. The van der Waals surface area contributed by atoms with Crippen LogP contribution in [0, 0.1) is 6.57 Å². The van der Waals surface area contributed by atoms with E-state index in [9.17, 15) is 4.79 Å². The molecule has 1 spiro atoms. The van der Waals surface area contributed by atoms with Crippen LogP contribution in [-0.2, 0) is 0 Å². The van der Waals surface area contributed by atoms with Crippen molar-refractivity contribution in [2.24, 2.45) is 0 Å². The molecule has 110 valence electrons. The molecule has 0 aromatic heterocycles. The maximum atomic E-state index is 12.3. The smallest absolute Gasteiger partial charge is 0.270 e. The monoisotopic (exact) mass is 306 g/mol. The Morgan fingerprint density at radius 1 is 1.48 bits per heavy atom. The van der Waals surface area contributed by atoms with Crippen molar-refractivity contribution in [2.75, 3.05) is 25.5 Å². The fraction of sp³-hybridized carbons (Fsp3) is 0.429. The highest BCUT2D eigenvalue weighted by Crippen LogP contribution is 2.37. The number of piperidine rings is 1. The van der Waals surface area contributed by atoms with Crippen molar-refractivity contribution >= 4 is 23.2 Å². The van der Waals surface area contributed by atoms with Crippen molar-refractivity contribution < 1.29 is 9.53 Å². The number of nitrogens with one attached hydrogen (secondary N) is 1. The van der Waals surface area contributed by atoms with Gasteiger partial charge in [-0.05, 0) is 6.07 Å². The zero-order chi connectivity index (χ0) is 15.0. The molecule has 0 atom stereocenters. The Morgan fingerprint density at radius 3 is 2.86 bits per heavy atom. The van der Waals surface area contributed by atoms with Crippen molar-refractivity contribution in [3.05, 3.63) is 34.1 Å². The summed E-state index contributed by atoms with van der Waals surface area (Å²) in [6.07, 6.45) is 1.27. The molecule has 3 rings (SSSR count). The highest BCUT2D eigenvalue weighted by molar-refractivity contribution is 6.33. The minimum Gasteiger partial charge on any atom is -0.467 e. The molecular weight excluding hydrogens is 292 g/mol. The van der Waals surface area contributed by atoms with E-state index in [1.807, 2.05) is 4.90 Å². The van der Waals surface area contributed by atoms with E-state index < -0.39 is 5.72 Å². The topological polar surface area (TPSA) is 72.0 Å². The molecule has 0 radical (unpaired) electrons. The lowest BCUT2D eigenvalue weighted by molar-refractivity contribution is -0.0268. The van der Waals surface area contributed by atoms with Gasteiger partial charge in [0.25, 0.3) is 12.6 Å². The van der Waals surface area contributed by atoms with Gasteiger partial charge in [-0.1, -0.05) is 11.6 Å². The number of fused-ring (bicyclic) bond motifs is 1. The lowest BCUT2D eigenvalue weighted by Crippen LogP contribution is -2.61. The van der Waals surface area contributed by atoms with Crippen molar-refractivity contribution in [3.8, 4) is 5.75 Å². The molecule has 0 unspecified atom stereocenters. The SMILES string of the molecule is [C-]#[N+]CN1CCC2(CC1)NC(=O)c1cc(Cl)c(N)cc1O2. The van der Waals surface area contributed by atoms with Crippen LogP contribution in [-0.4, -0.2) is 36.3 Å². The Hall–Kier alpha value is -1.97. The first-order valence-electron chi connectivity index (χ1n) is 6.69. The van der Waals surface area contributed by atoms with Gasteiger partial charge in [-0.25, -0.2) is 11.5 Å². The predicted molar refractivity (Wildman–Crippen MR) is 79.0 cm³/mol. The largest absolute Gasteiger partial charge is 0.467 e. The number of anilines is 1. The van der Waals surface area contributed by atoms with Crippen LogP contribution in [0.5, 0.6) is 5.75 Å². The number of carbonyl (C=O) groups excluding carboxylic acids is 1. The lowest BCUT2D eigenvalue weighted by atomic mass is 9.97. The van der Waals surface area contributed by atoms with E-state index in [-0.39, 0.29) is 5.91 Å². The Labute approximate surface area is 127 Å². The van der Waals surface area contributed by atoms with E-state index in [0.29, 0.717) is 54.6 Å². The number of rotatable bonds is 1. The number of amides is 1. The molecule has 6 nitrogen and oxygen atoms in total. The molecular formula is C14H15ClN4O2. The Balaban J connectivity index is 1.84. The summed E-state index contributed by atoms with van der Waals surface area (Å²) < 4.78 is 6.02. The molecule has 2 heterocycles. The van der Waals surface area contributed by atoms with Gasteiger partial charge in [0.2, 0.25) is 0 Å². The van der Waals surface area contributed by atoms with E-state index in [2.05, 4.69) is 10.2 Å². The lowest BCUT2D eigenvalue weighted by Gasteiger charge is -2.43. The molecule has 21 heavy (non-hydrogen) atoms. The minimum absolute atomic E-state index is 0.197. The fourth-order valence-electron chi connectivity index (χ4n) is 2.72. The van der Waals surface area contributed by atoms with Gasteiger partial charge in [0.1, 0.15) is 5.75 Å². The predicted octanol–water partition coefficient (Wildman–Crippen LogP) is 1.71. The third-order valence-corrected chi connectivity index (χ3v) is 4.25. The summed E-state index contributed by atoms with van der Waals surface area (Å²) in [7, 11) is 0. The zero-order valence-corrected chi connectivity index (χ0v) is 12.1. The van der Waals surface area contributed by atoms with Gasteiger partial charge in [-0.2, -0.15) is 0 Å². The van der Waals surface area contributed by atoms with E-state index in [0.717, 1.165) is 0 Å². The Bertz CT molecular complexity index is 633. The summed E-state index contributed by atoms with van der Waals surface area (Å²) in [5, 5.41) is 3.28. The molecule has 1 aromatic rings. The Kier molecular flexibility index (Phi) is 3.40. The molecule has 0 bridgehead atoms. The maximum absolute atomic E-state index is 12.3. The van der Waals surface area contributed by atoms with Crippen molar-refractivity contribution in [2.45, 2.75) is 18.6 Å². The molecule has 1 aromatic carbocycles. The van der Waals surface area contributed by atoms with E-state index in [1.54, 1.807) is 6.07 Å². The average Bonchev–Trinajstić information content (AvgIpc) is 2.44. The number of benzene rings is 1. The van der Waals surface area contributed by atoms with Crippen LogP contribution in [0.3, 0.4) is 0 Å². The second-order valence-corrected chi connectivity index (χ2v) is 5.75. The van der Waals surface area contributed by atoms with Crippen LogP contribution in [0.25, 0.3) is 4.85 Å². The molecule has 1 amide bonds. The van der Waals surface area contributed by atoms with Crippen LogP contribution in [0.2, 0.25) is 5.02 Å². The molecule has 2 aliphatic heterocycles. The van der Waals surface area contributed by atoms with Crippen LogP contribution in [0.4, 0.5) is 5.69 Å². The van der Waals surface area contributed by atoms with Crippen LogP contribution < -0.4 is 15.8 Å². The quantitative estimate of drug-likeness (QED) is 0.612. The van der Waals surface area contributed by atoms with E-state index >= 15 is 0 Å². The number of hydrogen-bond acceptors (Lipinski definition) is 4. The van der Waals surface area contributed by atoms with Gasteiger partial charge < -0.3 is 15.8 Å². The summed E-state index contributed by atoms with van der Waals surface area (Å²) >= 11 is 5.95. The van der Waals surface area contributed by atoms with Crippen molar-refractivity contribution in [3.63, 3.8) is 0 Å². The summed E-state index contributed by atoms with van der Waals surface area (Å²) in [6, 6.07) is 3.13. The first-order valence-corrected chi connectivity index (χ1v) is 7.07. The zero-order valence-electron chi connectivity index (χ0n) is 11.4. The standard InChI is InChI=1S/C14H15ClN4O2/c1-17-8-19-4-2-14(3-5-19)18-13(20)9-6-10(15)11(16)7-12(9)21-14/h6-7H,2-5,8,16H2,(H,18,20). The summed E-state index contributed by atoms with van der Waals surface area (Å²) in [5.41, 5.74) is 5.88. The van der Waals surface area contributed by atoms with E-state index in [4.69, 9.17) is 28.6 Å². The number of nitrogens with two attached hydrogens (primary N) is 1. The van der Waals surface area contributed by atoms with E-state index in [1.165, 1.54) is 6.07 Å². The molecule has 0 saturated carbocycles. The summed E-state index contributed by atoms with van der Waals surface area (Å²) in [6.45, 7) is 8.70. The van der Waals surface area contributed by atoms with Crippen molar-refractivity contribution in [1.29, 1.82) is 0 Å². The molecule has 1 saturated heterocycles. The number of carbonyl (C=O) groups is 1. The maximum Gasteiger partial charge on any atom is 0.270 e. The Morgan fingerprint density at radius 2 is 2.19 bits per heavy atom. The molecule has 3 N–H and O–H groups in total. The van der Waals surface area contributed by atoms with Gasteiger partial charge in [0, 0.05) is 32.0 Å². The molecule has 7 heteroatoms. The second kappa shape index (κ2) is 5.10.